The highest BCUT2D eigenvalue weighted by atomic mass is 19.3. The Hall–Kier alpha value is -3.94. The minimum Gasteiger partial charge on any atom is -0.479 e. The average Bonchev–Trinajstić information content (AvgIpc) is 3.32. The number of aliphatic hydroxyl groups is 1. The molecule has 1 aliphatic heterocycles. The summed E-state index contributed by atoms with van der Waals surface area (Å²) in [5.41, 5.74) is 9.61. The van der Waals surface area contributed by atoms with Crippen LogP contribution in [0.25, 0.3) is 16.6 Å². The van der Waals surface area contributed by atoms with Crippen LogP contribution in [0.1, 0.15) is 13.3 Å². The zero-order valence-corrected chi connectivity index (χ0v) is 20.2. The molecule has 0 aliphatic carbocycles. The lowest BCUT2D eigenvalue weighted by Gasteiger charge is -2.34. The number of hydrogen-bond acceptors (Lipinski definition) is 9. The Labute approximate surface area is 210 Å². The number of methoxy groups -OCH3 is 1. The summed E-state index contributed by atoms with van der Waals surface area (Å²) >= 11 is 0. The number of amides is 1. The number of likely N-dealkylation sites (tertiary alicyclic amines) is 1. The molecule has 2 aromatic heterocycles. The molecule has 3 atom stereocenters. The fourth-order valence-electron chi connectivity index (χ4n) is 4.21. The molecule has 4 N–H and O–H groups in total. The van der Waals surface area contributed by atoms with Gasteiger partial charge in [0, 0.05) is 18.3 Å². The van der Waals surface area contributed by atoms with Crippen molar-refractivity contribution in [3.8, 4) is 17.0 Å². The molecule has 11 nitrogen and oxygen atoms in total. The number of rotatable bonds is 9. The fraction of sp³-hybridized carbons (Fsp3) is 0.435. The summed E-state index contributed by atoms with van der Waals surface area (Å²) in [4.78, 5) is 17.3. The summed E-state index contributed by atoms with van der Waals surface area (Å²) in [5, 5.41) is 22.5. The van der Waals surface area contributed by atoms with Crippen LogP contribution in [0.5, 0.6) is 5.88 Å². The molecule has 0 unspecified atom stereocenters. The predicted octanol–water partition coefficient (Wildman–Crippen LogP) is 3.48. The van der Waals surface area contributed by atoms with Crippen LogP contribution < -0.4 is 15.4 Å². The number of alkyl halides is 3. The molecular formula is C23H27F3N8O3. The number of anilines is 2. The van der Waals surface area contributed by atoms with E-state index < -0.39 is 37.2 Å². The van der Waals surface area contributed by atoms with Gasteiger partial charge in [-0.3, -0.25) is 4.79 Å². The van der Waals surface area contributed by atoms with Gasteiger partial charge in [-0.05, 0) is 37.1 Å². The predicted molar refractivity (Wildman–Crippen MR) is 129 cm³/mol. The quantitative estimate of drug-likeness (QED) is 0.317. The number of hydrogen-bond donors (Lipinski definition) is 4. The lowest BCUT2D eigenvalue weighted by Crippen LogP contribution is -2.50. The molecule has 198 valence electrons. The molecular weight excluding hydrogens is 493 g/mol. The van der Waals surface area contributed by atoms with Crippen LogP contribution in [0.3, 0.4) is 0 Å². The van der Waals surface area contributed by atoms with Gasteiger partial charge in [0.15, 0.2) is 0 Å². The Morgan fingerprint density at radius 2 is 2.16 bits per heavy atom. The van der Waals surface area contributed by atoms with E-state index in [9.17, 15) is 18.0 Å². The minimum absolute atomic E-state index is 0.123. The summed E-state index contributed by atoms with van der Waals surface area (Å²) in [5.74, 6) is -0.199. The molecule has 0 spiro atoms. The summed E-state index contributed by atoms with van der Waals surface area (Å²) in [6.45, 7) is 0.804. The molecule has 1 aliphatic rings. The van der Waals surface area contributed by atoms with Crippen molar-refractivity contribution in [1.29, 1.82) is 5.53 Å². The number of carbonyl (C=O) groups excluding carboxylic acids is 1. The summed E-state index contributed by atoms with van der Waals surface area (Å²) < 4.78 is 47.9. The van der Waals surface area contributed by atoms with E-state index in [0.29, 0.717) is 23.1 Å². The maximum absolute atomic E-state index is 14.7. The number of carbonyl (C=O) groups is 1. The molecule has 1 saturated heterocycles. The van der Waals surface area contributed by atoms with Gasteiger partial charge < -0.3 is 25.4 Å². The van der Waals surface area contributed by atoms with Crippen molar-refractivity contribution in [2.75, 3.05) is 37.4 Å². The Morgan fingerprint density at radius 3 is 2.81 bits per heavy atom. The third-order valence-corrected chi connectivity index (χ3v) is 6.21. The molecule has 3 aromatic rings. The normalized spacial score (nSPS) is 18.6. The Kier molecular flexibility index (Phi) is 7.76. The van der Waals surface area contributed by atoms with Crippen LogP contribution in [0.15, 0.2) is 35.6 Å². The molecule has 0 bridgehead atoms. The van der Waals surface area contributed by atoms with Gasteiger partial charge in [-0.25, -0.2) is 23.2 Å². The van der Waals surface area contributed by atoms with Crippen molar-refractivity contribution in [2.24, 2.45) is 5.11 Å². The van der Waals surface area contributed by atoms with Crippen molar-refractivity contribution in [1.82, 2.24) is 19.5 Å². The molecule has 1 amide bonds. The van der Waals surface area contributed by atoms with E-state index in [1.165, 1.54) is 23.4 Å². The highest BCUT2D eigenvalue weighted by molar-refractivity contribution is 5.87. The highest BCUT2D eigenvalue weighted by Crippen LogP contribution is 2.36. The Bertz CT molecular complexity index is 1290. The van der Waals surface area contributed by atoms with Gasteiger partial charge in [0.2, 0.25) is 17.7 Å². The van der Waals surface area contributed by atoms with Gasteiger partial charge in [0.05, 0.1) is 31.4 Å². The molecule has 1 fully saturated rings. The van der Waals surface area contributed by atoms with Crippen LogP contribution in [0.2, 0.25) is 0 Å². The number of nitrogens with zero attached hydrogens (tertiary/aromatic N) is 5. The molecule has 3 heterocycles. The third kappa shape index (κ3) is 5.43. The second-order valence-electron chi connectivity index (χ2n) is 8.63. The van der Waals surface area contributed by atoms with E-state index in [2.05, 4.69) is 25.8 Å². The number of benzene rings is 1. The number of aliphatic hydroxyl groups excluding tert-OH is 1. The number of ether oxygens (including phenoxy) is 1. The van der Waals surface area contributed by atoms with Gasteiger partial charge in [-0.15, -0.1) is 5.10 Å². The average molecular weight is 521 g/mol. The first-order chi connectivity index (χ1) is 17.7. The van der Waals surface area contributed by atoms with E-state index in [0.717, 1.165) is 0 Å². The number of nitrogens with one attached hydrogen (secondary N) is 3. The molecule has 1 aromatic carbocycles. The van der Waals surface area contributed by atoms with E-state index in [-0.39, 0.29) is 36.3 Å². The maximum atomic E-state index is 14.7. The second kappa shape index (κ2) is 11.0. The van der Waals surface area contributed by atoms with Crippen LogP contribution in [0, 0.1) is 5.53 Å². The molecule has 14 heteroatoms. The zero-order valence-electron chi connectivity index (χ0n) is 20.2. The summed E-state index contributed by atoms with van der Waals surface area (Å²) in [6.07, 6.45) is -2.04. The highest BCUT2D eigenvalue weighted by Gasteiger charge is 2.32. The van der Waals surface area contributed by atoms with Gasteiger partial charge in [-0.2, -0.15) is 10.1 Å². The second-order valence-corrected chi connectivity index (χ2v) is 8.63. The van der Waals surface area contributed by atoms with Crippen molar-refractivity contribution in [3.05, 3.63) is 30.5 Å². The number of halogens is 3. The van der Waals surface area contributed by atoms with Crippen molar-refractivity contribution in [2.45, 2.75) is 38.0 Å². The van der Waals surface area contributed by atoms with Crippen molar-refractivity contribution < 1.29 is 27.8 Å². The van der Waals surface area contributed by atoms with Crippen LogP contribution >= 0.6 is 0 Å². The smallest absolute Gasteiger partial charge is 0.258 e. The third-order valence-electron chi connectivity index (χ3n) is 6.21. The van der Waals surface area contributed by atoms with Gasteiger partial charge >= 0.3 is 0 Å². The number of piperidine rings is 1. The maximum Gasteiger partial charge on any atom is 0.258 e. The monoisotopic (exact) mass is 520 g/mol. The largest absolute Gasteiger partial charge is 0.479 e. The SMILES string of the molecule is COc1nc(N[C@H]2CCN(C(=O)CO)C[C@H]2F)nn2ccc(-c3ccc(N=N)c(N[C@@H](C)C(F)F)c3)c12. The first-order valence-electron chi connectivity index (χ1n) is 11.5. The van der Waals surface area contributed by atoms with E-state index >= 15 is 0 Å². The molecule has 0 saturated carbocycles. The lowest BCUT2D eigenvalue weighted by atomic mass is 10.0. The first-order valence-corrected chi connectivity index (χ1v) is 11.5. The topological polar surface area (TPSA) is 140 Å². The van der Waals surface area contributed by atoms with Crippen LogP contribution in [-0.2, 0) is 4.79 Å². The standard InChI is InChI=1S/C23H27F3N8O3/c1-12(21(25)26)28-18-9-13(3-4-17(18)31-27)14-5-8-34-20(14)22(37-2)30-23(32-34)29-16-6-7-33(10-15(16)24)19(36)11-35/h3-5,8-9,12,15-16,21,27-28,35H,6-7,10-11H2,1-2H3,(H,29,32)/t12-,15+,16-/m0/s1. The Balaban J connectivity index is 1.62. The number of fused-ring (bicyclic) bond motifs is 1. The number of aromatic nitrogens is 3. The fourth-order valence-corrected chi connectivity index (χ4v) is 4.21. The molecule has 37 heavy (non-hydrogen) atoms. The van der Waals surface area contributed by atoms with E-state index in [4.69, 9.17) is 15.4 Å². The van der Waals surface area contributed by atoms with E-state index in [1.807, 2.05) is 0 Å². The van der Waals surface area contributed by atoms with Crippen LogP contribution in [-0.4, -0.2) is 82.0 Å². The minimum atomic E-state index is -2.61. The van der Waals surface area contributed by atoms with Crippen molar-refractivity contribution >= 4 is 28.7 Å². The Morgan fingerprint density at radius 1 is 1.38 bits per heavy atom. The van der Waals surface area contributed by atoms with Crippen molar-refractivity contribution in [3.63, 3.8) is 0 Å². The van der Waals surface area contributed by atoms with E-state index in [1.54, 1.807) is 30.5 Å². The molecule has 0 radical (unpaired) electrons. The lowest BCUT2D eigenvalue weighted by molar-refractivity contribution is -0.136. The zero-order chi connectivity index (χ0) is 26.7. The van der Waals surface area contributed by atoms with Gasteiger partial charge in [0.25, 0.3) is 6.43 Å². The molecule has 4 rings (SSSR count). The van der Waals surface area contributed by atoms with Gasteiger partial charge in [-0.1, -0.05) is 6.07 Å². The summed E-state index contributed by atoms with van der Waals surface area (Å²) in [7, 11) is 1.43. The first kappa shape index (κ1) is 26.1. The van der Waals surface area contributed by atoms with Crippen LogP contribution in [0.4, 0.5) is 30.5 Å². The van der Waals surface area contributed by atoms with Gasteiger partial charge in [0.1, 0.15) is 24.0 Å². The summed E-state index contributed by atoms with van der Waals surface area (Å²) in [6, 6.07) is 4.81.